The SMILES string of the molecule is NCC(CCSC(F)(F)F)Cc1ccccc1Br. The largest absolute Gasteiger partial charge is 0.441 e. The predicted octanol–water partition coefficient (Wildman–Crippen LogP) is 4.21. The average molecular weight is 342 g/mol. The van der Waals surface area contributed by atoms with Crippen molar-refractivity contribution in [2.75, 3.05) is 12.3 Å². The van der Waals surface area contributed by atoms with Gasteiger partial charge in [-0.1, -0.05) is 45.9 Å². The Bertz CT molecular complexity index is 371. The normalized spacial score (nSPS) is 13.6. The first-order chi connectivity index (χ1) is 8.42. The molecule has 1 atom stereocenters. The second-order valence-corrected chi connectivity index (χ2v) is 5.99. The monoisotopic (exact) mass is 341 g/mol. The summed E-state index contributed by atoms with van der Waals surface area (Å²) in [5.41, 5.74) is 2.56. The Labute approximate surface area is 117 Å². The lowest BCUT2D eigenvalue weighted by Gasteiger charge is -2.16. The maximum Gasteiger partial charge on any atom is 0.441 e. The van der Waals surface area contributed by atoms with Crippen LogP contribution < -0.4 is 5.73 Å². The number of alkyl halides is 3. The molecule has 0 fully saturated rings. The molecule has 0 aliphatic rings. The molecule has 1 nitrogen and oxygen atoms in total. The maximum atomic E-state index is 12.0. The summed E-state index contributed by atoms with van der Waals surface area (Å²) in [6.07, 6.45) is 1.18. The van der Waals surface area contributed by atoms with Crippen molar-refractivity contribution in [3.63, 3.8) is 0 Å². The van der Waals surface area contributed by atoms with Crippen LogP contribution in [-0.2, 0) is 6.42 Å². The van der Waals surface area contributed by atoms with Crippen LogP contribution in [0.4, 0.5) is 13.2 Å². The molecule has 0 amide bonds. The number of hydrogen-bond acceptors (Lipinski definition) is 2. The third kappa shape index (κ3) is 6.11. The highest BCUT2D eigenvalue weighted by Crippen LogP contribution is 2.31. The van der Waals surface area contributed by atoms with Crippen molar-refractivity contribution in [2.24, 2.45) is 11.7 Å². The molecule has 1 aromatic rings. The highest BCUT2D eigenvalue weighted by Gasteiger charge is 2.28. The fourth-order valence-corrected chi connectivity index (χ4v) is 2.75. The van der Waals surface area contributed by atoms with Gasteiger partial charge >= 0.3 is 5.51 Å². The van der Waals surface area contributed by atoms with E-state index in [-0.39, 0.29) is 23.4 Å². The molecule has 0 heterocycles. The van der Waals surface area contributed by atoms with Gasteiger partial charge in [0.1, 0.15) is 0 Å². The molecule has 102 valence electrons. The van der Waals surface area contributed by atoms with Crippen molar-refractivity contribution >= 4 is 27.7 Å². The van der Waals surface area contributed by atoms with Gasteiger partial charge in [0.15, 0.2) is 0 Å². The van der Waals surface area contributed by atoms with Gasteiger partial charge in [0.25, 0.3) is 0 Å². The third-order valence-electron chi connectivity index (χ3n) is 2.59. The summed E-state index contributed by atoms with van der Waals surface area (Å²) in [7, 11) is 0. The van der Waals surface area contributed by atoms with Crippen LogP contribution in [0.3, 0.4) is 0 Å². The number of rotatable bonds is 6. The zero-order valence-electron chi connectivity index (χ0n) is 9.71. The highest BCUT2D eigenvalue weighted by atomic mass is 79.9. The Morgan fingerprint density at radius 2 is 1.94 bits per heavy atom. The second kappa shape index (κ2) is 7.40. The van der Waals surface area contributed by atoms with Crippen LogP contribution in [0.1, 0.15) is 12.0 Å². The summed E-state index contributed by atoms with van der Waals surface area (Å²) >= 11 is 3.45. The van der Waals surface area contributed by atoms with E-state index in [1.807, 2.05) is 24.3 Å². The first-order valence-electron chi connectivity index (χ1n) is 5.56. The lowest BCUT2D eigenvalue weighted by atomic mass is 9.97. The topological polar surface area (TPSA) is 26.0 Å². The van der Waals surface area contributed by atoms with Crippen molar-refractivity contribution in [3.8, 4) is 0 Å². The van der Waals surface area contributed by atoms with Gasteiger partial charge in [-0.25, -0.2) is 0 Å². The molecule has 0 spiro atoms. The van der Waals surface area contributed by atoms with Crippen LogP contribution in [0.25, 0.3) is 0 Å². The molecular weight excluding hydrogens is 327 g/mol. The standard InChI is InChI=1S/C12H15BrF3NS/c13-11-4-2-1-3-10(11)7-9(8-17)5-6-18-12(14,15)16/h1-4,9H,5-8,17H2. The summed E-state index contributed by atoms with van der Waals surface area (Å²) in [6, 6.07) is 7.71. The minimum absolute atomic E-state index is 0.0248. The minimum atomic E-state index is -4.15. The first-order valence-corrected chi connectivity index (χ1v) is 7.34. The van der Waals surface area contributed by atoms with Gasteiger partial charge in [-0.3, -0.25) is 0 Å². The molecule has 1 unspecified atom stereocenters. The van der Waals surface area contributed by atoms with Crippen molar-refractivity contribution in [1.29, 1.82) is 0 Å². The van der Waals surface area contributed by atoms with E-state index >= 15 is 0 Å². The van der Waals surface area contributed by atoms with Crippen molar-refractivity contribution in [2.45, 2.75) is 18.3 Å². The summed E-state index contributed by atoms with van der Waals surface area (Å²) in [5, 5.41) is 0. The van der Waals surface area contributed by atoms with E-state index in [1.165, 1.54) is 0 Å². The van der Waals surface area contributed by atoms with Gasteiger partial charge in [-0.05, 0) is 36.9 Å². The van der Waals surface area contributed by atoms with Gasteiger partial charge in [0.2, 0.25) is 0 Å². The molecule has 0 saturated heterocycles. The minimum Gasteiger partial charge on any atom is -0.330 e. The molecule has 0 aliphatic heterocycles. The third-order valence-corrected chi connectivity index (χ3v) is 4.13. The van der Waals surface area contributed by atoms with E-state index in [4.69, 9.17) is 5.73 Å². The van der Waals surface area contributed by atoms with Gasteiger partial charge in [0.05, 0.1) is 0 Å². The predicted molar refractivity (Wildman–Crippen MR) is 73.5 cm³/mol. The Hall–Kier alpha value is -0.200. The summed E-state index contributed by atoms with van der Waals surface area (Å²) in [4.78, 5) is 0. The molecule has 18 heavy (non-hydrogen) atoms. The Kier molecular flexibility index (Phi) is 6.52. The van der Waals surface area contributed by atoms with E-state index in [0.29, 0.717) is 19.4 Å². The molecule has 6 heteroatoms. The molecule has 0 radical (unpaired) electrons. The molecule has 0 saturated carbocycles. The van der Waals surface area contributed by atoms with Gasteiger partial charge in [-0.15, -0.1) is 0 Å². The van der Waals surface area contributed by atoms with Gasteiger partial charge < -0.3 is 5.73 Å². The number of halogens is 4. The molecule has 1 rings (SSSR count). The van der Waals surface area contributed by atoms with E-state index in [2.05, 4.69) is 15.9 Å². The first kappa shape index (κ1) is 15.9. The van der Waals surface area contributed by atoms with Crippen LogP contribution in [0.2, 0.25) is 0 Å². The number of benzene rings is 1. The summed E-state index contributed by atoms with van der Waals surface area (Å²) < 4.78 is 37.1. The van der Waals surface area contributed by atoms with E-state index < -0.39 is 5.51 Å². The van der Waals surface area contributed by atoms with E-state index in [1.54, 1.807) is 0 Å². The molecule has 0 bridgehead atoms. The maximum absolute atomic E-state index is 12.0. The second-order valence-electron chi connectivity index (χ2n) is 3.98. The van der Waals surface area contributed by atoms with Gasteiger partial charge in [-0.2, -0.15) is 13.2 Å². The fourth-order valence-electron chi connectivity index (χ4n) is 1.62. The zero-order valence-corrected chi connectivity index (χ0v) is 12.1. The van der Waals surface area contributed by atoms with Crippen LogP contribution in [0, 0.1) is 5.92 Å². The molecule has 0 aromatic heterocycles. The Balaban J connectivity index is 2.45. The smallest absolute Gasteiger partial charge is 0.330 e. The lowest BCUT2D eigenvalue weighted by Crippen LogP contribution is -2.18. The molecule has 0 aliphatic carbocycles. The van der Waals surface area contributed by atoms with E-state index in [0.717, 1.165) is 10.0 Å². The fraction of sp³-hybridized carbons (Fsp3) is 0.500. The molecule has 1 aromatic carbocycles. The zero-order chi connectivity index (χ0) is 13.6. The lowest BCUT2D eigenvalue weighted by molar-refractivity contribution is -0.0328. The summed E-state index contributed by atoms with van der Waals surface area (Å²) in [5.74, 6) is 0.147. The molecule has 2 N–H and O–H groups in total. The average Bonchev–Trinajstić information content (AvgIpc) is 2.29. The quantitative estimate of drug-likeness (QED) is 0.838. The number of nitrogens with two attached hydrogens (primary N) is 1. The van der Waals surface area contributed by atoms with Gasteiger partial charge in [0, 0.05) is 10.2 Å². The molecular formula is C12H15BrF3NS. The van der Waals surface area contributed by atoms with E-state index in [9.17, 15) is 13.2 Å². The summed E-state index contributed by atoms with van der Waals surface area (Å²) in [6.45, 7) is 0.403. The van der Waals surface area contributed by atoms with Crippen LogP contribution in [0.15, 0.2) is 28.7 Å². The van der Waals surface area contributed by atoms with Crippen molar-refractivity contribution in [1.82, 2.24) is 0 Å². The van der Waals surface area contributed by atoms with Crippen LogP contribution in [-0.4, -0.2) is 17.8 Å². The Morgan fingerprint density at radius 1 is 1.28 bits per heavy atom. The van der Waals surface area contributed by atoms with Crippen molar-refractivity contribution < 1.29 is 13.2 Å². The van der Waals surface area contributed by atoms with Crippen molar-refractivity contribution in [3.05, 3.63) is 34.3 Å². The van der Waals surface area contributed by atoms with Crippen LogP contribution >= 0.6 is 27.7 Å². The number of hydrogen-bond donors (Lipinski definition) is 1. The number of thioether (sulfide) groups is 1. The highest BCUT2D eigenvalue weighted by molar-refractivity contribution is 9.10. The Morgan fingerprint density at radius 3 is 2.50 bits per heavy atom. The van der Waals surface area contributed by atoms with Crippen LogP contribution in [0.5, 0.6) is 0 Å².